The summed E-state index contributed by atoms with van der Waals surface area (Å²) < 4.78 is 27.1. The van der Waals surface area contributed by atoms with Crippen LogP contribution < -0.4 is 0 Å². The molecule has 0 fully saturated rings. The fourth-order valence-electron chi connectivity index (χ4n) is 2.94. The molecular formula is C14H18O7Si. The van der Waals surface area contributed by atoms with Crippen molar-refractivity contribution in [2.75, 3.05) is 27.4 Å². The van der Waals surface area contributed by atoms with Crippen molar-refractivity contribution in [3.05, 3.63) is 22.3 Å². The molecule has 2 unspecified atom stereocenters. The summed E-state index contributed by atoms with van der Waals surface area (Å²) in [5.74, 6) is -1.16. The second kappa shape index (κ2) is 5.30. The number of rotatable bonds is 2. The molecule has 0 N–H and O–H groups in total. The lowest BCUT2D eigenvalue weighted by Gasteiger charge is -2.21. The van der Waals surface area contributed by atoms with Gasteiger partial charge in [-0.15, -0.1) is 0 Å². The van der Waals surface area contributed by atoms with E-state index in [1.165, 1.54) is 14.2 Å². The van der Waals surface area contributed by atoms with E-state index in [1.807, 2.05) is 13.1 Å². The van der Waals surface area contributed by atoms with Gasteiger partial charge in [-0.1, -0.05) is 0 Å². The van der Waals surface area contributed by atoms with Crippen molar-refractivity contribution in [2.24, 2.45) is 0 Å². The number of ether oxygens (including phenoxy) is 3. The maximum Gasteiger partial charge on any atom is 0.337 e. The van der Waals surface area contributed by atoms with Crippen LogP contribution >= 0.6 is 0 Å². The predicted molar refractivity (Wildman–Crippen MR) is 76.1 cm³/mol. The molecule has 3 heterocycles. The number of esters is 2. The normalized spacial score (nSPS) is 29.3. The van der Waals surface area contributed by atoms with E-state index in [4.69, 9.17) is 23.1 Å². The third kappa shape index (κ3) is 2.23. The van der Waals surface area contributed by atoms with E-state index in [9.17, 15) is 9.59 Å². The quantitative estimate of drug-likeness (QED) is 0.414. The van der Waals surface area contributed by atoms with Gasteiger partial charge in [0.15, 0.2) is 0 Å². The van der Waals surface area contributed by atoms with Gasteiger partial charge in [0.2, 0.25) is 0 Å². The molecule has 0 radical (unpaired) electrons. The van der Waals surface area contributed by atoms with Crippen LogP contribution in [-0.2, 0) is 32.7 Å². The van der Waals surface area contributed by atoms with Crippen LogP contribution in [0.3, 0.4) is 0 Å². The number of hydrogen-bond acceptors (Lipinski definition) is 7. The third-order valence-corrected chi connectivity index (χ3v) is 5.77. The second-order valence-electron chi connectivity index (χ2n) is 5.73. The molecule has 0 aromatic heterocycles. The van der Waals surface area contributed by atoms with Crippen LogP contribution in [0.4, 0.5) is 0 Å². The summed E-state index contributed by atoms with van der Waals surface area (Å²) in [5, 5.41) is 0. The number of hydrogen-bond donors (Lipinski definition) is 0. The van der Waals surface area contributed by atoms with Gasteiger partial charge in [0, 0.05) is 0 Å². The minimum absolute atomic E-state index is 0.211. The molecule has 0 saturated heterocycles. The largest absolute Gasteiger partial charge is 0.466 e. The number of carbonyl (C=O) groups is 2. The summed E-state index contributed by atoms with van der Waals surface area (Å²) in [6.45, 7) is 4.58. The zero-order chi connectivity index (χ0) is 16.1. The van der Waals surface area contributed by atoms with Gasteiger partial charge in [0.25, 0.3) is 0 Å². The molecule has 8 heteroatoms. The zero-order valence-corrected chi connectivity index (χ0v) is 13.9. The molecule has 0 aromatic carbocycles. The first-order chi connectivity index (χ1) is 10.4. The minimum atomic E-state index is -2.20. The van der Waals surface area contributed by atoms with Crippen LogP contribution in [0, 0.1) is 0 Å². The maximum atomic E-state index is 12.1. The molecule has 0 spiro atoms. The molecule has 7 nitrogen and oxygen atoms in total. The fourth-order valence-corrected chi connectivity index (χ4v) is 4.03. The molecule has 2 atom stereocenters. The highest BCUT2D eigenvalue weighted by atomic mass is 28.4. The number of fused-ring (bicyclic) bond motifs is 4. The second-order valence-corrected chi connectivity index (χ2v) is 9.11. The van der Waals surface area contributed by atoms with Gasteiger partial charge in [0.05, 0.1) is 38.6 Å². The highest BCUT2D eigenvalue weighted by Crippen LogP contribution is 2.45. The van der Waals surface area contributed by atoms with Crippen LogP contribution in [-0.4, -0.2) is 60.1 Å². The molecule has 22 heavy (non-hydrogen) atoms. The van der Waals surface area contributed by atoms with E-state index in [2.05, 4.69) is 0 Å². The van der Waals surface area contributed by atoms with E-state index >= 15 is 0 Å². The van der Waals surface area contributed by atoms with E-state index in [0.29, 0.717) is 13.2 Å². The Hall–Kier alpha value is -1.48. The lowest BCUT2D eigenvalue weighted by Crippen LogP contribution is -2.35. The van der Waals surface area contributed by atoms with Crippen molar-refractivity contribution < 1.29 is 32.7 Å². The molecule has 120 valence electrons. The van der Waals surface area contributed by atoms with Gasteiger partial charge in [-0.05, 0) is 24.2 Å². The molecule has 0 aromatic rings. The van der Waals surface area contributed by atoms with Gasteiger partial charge < -0.3 is 23.1 Å². The lowest BCUT2D eigenvalue weighted by molar-refractivity contribution is -0.139. The topological polar surface area (TPSA) is 80.3 Å². The lowest BCUT2D eigenvalue weighted by atomic mass is 9.86. The molecule has 0 amide bonds. The van der Waals surface area contributed by atoms with Crippen molar-refractivity contribution in [1.29, 1.82) is 0 Å². The van der Waals surface area contributed by atoms with Gasteiger partial charge in [-0.3, -0.25) is 0 Å². The summed E-state index contributed by atoms with van der Waals surface area (Å²) in [4.78, 5) is 24.1. The molecule has 2 bridgehead atoms. The van der Waals surface area contributed by atoms with Crippen LogP contribution in [0.5, 0.6) is 0 Å². The van der Waals surface area contributed by atoms with Crippen LogP contribution in [0.1, 0.15) is 0 Å². The highest BCUT2D eigenvalue weighted by molar-refractivity contribution is 6.64. The molecule has 3 aliphatic rings. The van der Waals surface area contributed by atoms with Crippen molar-refractivity contribution in [3.8, 4) is 0 Å². The highest BCUT2D eigenvalue weighted by Gasteiger charge is 2.53. The van der Waals surface area contributed by atoms with E-state index in [0.717, 1.165) is 11.1 Å². The van der Waals surface area contributed by atoms with Gasteiger partial charge >= 0.3 is 20.5 Å². The van der Waals surface area contributed by atoms with Crippen molar-refractivity contribution in [3.63, 3.8) is 0 Å². The Morgan fingerprint density at radius 1 is 0.955 bits per heavy atom. The SMILES string of the molecule is COC(=O)C1=C(C(=O)OC)C2OC1C1=C2CO[Si](C)(C)OC1. The minimum Gasteiger partial charge on any atom is -0.466 e. The average Bonchev–Trinajstić information content (AvgIpc) is 2.99. The first kappa shape index (κ1) is 15.4. The van der Waals surface area contributed by atoms with Gasteiger partial charge in [-0.25, -0.2) is 9.59 Å². The molecule has 0 saturated carbocycles. The van der Waals surface area contributed by atoms with E-state index < -0.39 is 32.7 Å². The van der Waals surface area contributed by atoms with E-state index in [1.54, 1.807) is 0 Å². The molecule has 3 rings (SSSR count). The van der Waals surface area contributed by atoms with Crippen molar-refractivity contribution in [2.45, 2.75) is 25.3 Å². The van der Waals surface area contributed by atoms with Gasteiger partial charge in [-0.2, -0.15) is 0 Å². The molecule has 3 aliphatic heterocycles. The first-order valence-electron chi connectivity index (χ1n) is 6.95. The summed E-state index contributed by atoms with van der Waals surface area (Å²) in [6, 6.07) is 0. The third-order valence-electron chi connectivity index (χ3n) is 4.09. The van der Waals surface area contributed by atoms with Crippen LogP contribution in [0.25, 0.3) is 0 Å². The first-order valence-corrected chi connectivity index (χ1v) is 9.77. The summed E-state index contributed by atoms with van der Waals surface area (Å²) in [6.07, 6.45) is -1.24. The maximum absolute atomic E-state index is 12.1. The smallest absolute Gasteiger partial charge is 0.337 e. The number of carbonyl (C=O) groups excluding carboxylic acids is 2. The zero-order valence-electron chi connectivity index (χ0n) is 12.9. The fraction of sp³-hybridized carbons (Fsp3) is 0.571. The Labute approximate surface area is 129 Å². The average molecular weight is 326 g/mol. The van der Waals surface area contributed by atoms with Crippen LogP contribution in [0.2, 0.25) is 13.1 Å². The Balaban J connectivity index is 2.00. The standard InChI is InChI=1S/C14H18O7Si/c1-17-13(15)9-10(14(16)18-2)12-8-6-20-22(3,4)19-5-7(8)11(9)21-12/h11-12H,5-6H2,1-4H3. The van der Waals surface area contributed by atoms with Crippen molar-refractivity contribution in [1.82, 2.24) is 0 Å². The number of methoxy groups -OCH3 is 2. The van der Waals surface area contributed by atoms with Crippen LogP contribution in [0.15, 0.2) is 22.3 Å². The Morgan fingerprint density at radius 3 is 1.73 bits per heavy atom. The summed E-state index contributed by atoms with van der Waals surface area (Å²) in [7, 11) is 0.343. The Kier molecular flexibility index (Phi) is 3.72. The monoisotopic (exact) mass is 326 g/mol. The van der Waals surface area contributed by atoms with E-state index in [-0.39, 0.29) is 11.1 Å². The Morgan fingerprint density at radius 2 is 1.36 bits per heavy atom. The van der Waals surface area contributed by atoms with Gasteiger partial charge in [0.1, 0.15) is 12.2 Å². The Bertz CT molecular complexity index is 556. The van der Waals surface area contributed by atoms with Crippen molar-refractivity contribution >= 4 is 20.5 Å². The summed E-state index contributed by atoms with van der Waals surface area (Å²) >= 11 is 0. The molecular weight excluding hydrogens is 308 g/mol. The predicted octanol–water partition coefficient (Wildman–Crippen LogP) is 0.455. The summed E-state index contributed by atoms with van der Waals surface area (Å²) in [5.41, 5.74) is 2.14. The molecule has 0 aliphatic carbocycles.